The Balaban J connectivity index is 1.86. The molecule has 114 valence electrons. The van der Waals surface area contributed by atoms with Crippen LogP contribution in [0.1, 0.15) is 12.5 Å². The van der Waals surface area contributed by atoms with Gasteiger partial charge in [0, 0.05) is 29.7 Å². The van der Waals surface area contributed by atoms with Gasteiger partial charge in [0.2, 0.25) is 0 Å². The lowest BCUT2D eigenvalue weighted by atomic mass is 10.2. The summed E-state index contributed by atoms with van der Waals surface area (Å²) in [5.41, 5.74) is 6.07. The van der Waals surface area contributed by atoms with Crippen molar-refractivity contribution in [3.05, 3.63) is 29.8 Å². The van der Waals surface area contributed by atoms with Crippen LogP contribution in [0.4, 0.5) is 0 Å². The molecule has 1 aliphatic heterocycles. The van der Waals surface area contributed by atoms with Crippen LogP contribution in [0, 0.1) is 0 Å². The lowest BCUT2D eigenvalue weighted by molar-refractivity contribution is -0.133. The normalized spacial score (nSPS) is 19.4. The standard InChI is InChI=1S/C14H19N3O3S/c1-10-8-17(6-7-21-10)13(18)9-20-12-4-2-11(3-5-12)14(15)16-19/h2-5,10,19H,6-9H2,1H3,(H2,15,16). The number of thioether (sulfide) groups is 1. The average Bonchev–Trinajstić information content (AvgIpc) is 2.52. The minimum absolute atomic E-state index is 0.00246. The van der Waals surface area contributed by atoms with E-state index in [1.54, 1.807) is 24.3 Å². The summed E-state index contributed by atoms with van der Waals surface area (Å²) in [5, 5.41) is 12.0. The second kappa shape index (κ2) is 7.21. The number of hydrogen-bond acceptors (Lipinski definition) is 5. The van der Waals surface area contributed by atoms with Gasteiger partial charge in [0.15, 0.2) is 12.4 Å². The van der Waals surface area contributed by atoms with E-state index in [1.165, 1.54) is 0 Å². The highest BCUT2D eigenvalue weighted by Gasteiger charge is 2.21. The van der Waals surface area contributed by atoms with Crippen molar-refractivity contribution in [1.29, 1.82) is 0 Å². The van der Waals surface area contributed by atoms with Crippen LogP contribution in [-0.4, -0.2) is 52.5 Å². The zero-order chi connectivity index (χ0) is 15.2. The Morgan fingerprint density at radius 1 is 1.52 bits per heavy atom. The van der Waals surface area contributed by atoms with Crippen molar-refractivity contribution >= 4 is 23.5 Å². The van der Waals surface area contributed by atoms with E-state index < -0.39 is 0 Å². The van der Waals surface area contributed by atoms with E-state index >= 15 is 0 Å². The zero-order valence-electron chi connectivity index (χ0n) is 11.9. The van der Waals surface area contributed by atoms with Crippen LogP contribution in [0.2, 0.25) is 0 Å². The summed E-state index contributed by atoms with van der Waals surface area (Å²) in [6, 6.07) is 6.73. The van der Waals surface area contributed by atoms with Gasteiger partial charge in [-0.15, -0.1) is 0 Å². The highest BCUT2D eigenvalue weighted by atomic mass is 32.2. The summed E-state index contributed by atoms with van der Waals surface area (Å²) < 4.78 is 5.48. The Labute approximate surface area is 127 Å². The van der Waals surface area contributed by atoms with Crippen molar-refractivity contribution in [3.8, 4) is 5.75 Å². The van der Waals surface area contributed by atoms with Gasteiger partial charge in [-0.1, -0.05) is 12.1 Å². The quantitative estimate of drug-likeness (QED) is 0.377. The molecule has 7 heteroatoms. The van der Waals surface area contributed by atoms with E-state index in [1.807, 2.05) is 16.7 Å². The molecule has 0 radical (unpaired) electrons. The monoisotopic (exact) mass is 309 g/mol. The van der Waals surface area contributed by atoms with E-state index in [9.17, 15) is 4.79 Å². The highest BCUT2D eigenvalue weighted by molar-refractivity contribution is 7.99. The van der Waals surface area contributed by atoms with Crippen molar-refractivity contribution in [3.63, 3.8) is 0 Å². The van der Waals surface area contributed by atoms with Crippen molar-refractivity contribution < 1.29 is 14.7 Å². The van der Waals surface area contributed by atoms with Crippen LogP contribution in [0.25, 0.3) is 0 Å². The number of carbonyl (C=O) groups excluding carboxylic acids is 1. The molecule has 0 saturated carbocycles. The van der Waals surface area contributed by atoms with Gasteiger partial charge in [-0.05, 0) is 24.3 Å². The molecule has 21 heavy (non-hydrogen) atoms. The minimum Gasteiger partial charge on any atom is -0.484 e. The summed E-state index contributed by atoms with van der Waals surface area (Å²) in [7, 11) is 0. The number of hydrogen-bond donors (Lipinski definition) is 2. The predicted molar refractivity (Wildman–Crippen MR) is 82.9 cm³/mol. The second-order valence-corrected chi connectivity index (χ2v) is 6.37. The van der Waals surface area contributed by atoms with Crippen molar-refractivity contribution in [2.45, 2.75) is 12.2 Å². The molecule has 2 rings (SSSR count). The first kappa shape index (κ1) is 15.5. The van der Waals surface area contributed by atoms with Crippen LogP contribution in [0.5, 0.6) is 5.75 Å². The molecule has 0 aliphatic carbocycles. The van der Waals surface area contributed by atoms with Gasteiger partial charge >= 0.3 is 0 Å². The third-order valence-corrected chi connectivity index (χ3v) is 4.35. The third kappa shape index (κ3) is 4.29. The fourth-order valence-electron chi connectivity index (χ4n) is 2.06. The van der Waals surface area contributed by atoms with E-state index in [2.05, 4.69) is 12.1 Å². The molecule has 0 bridgehead atoms. The maximum absolute atomic E-state index is 12.1. The molecule has 0 aromatic heterocycles. The molecule has 1 atom stereocenters. The number of ether oxygens (including phenoxy) is 1. The van der Waals surface area contributed by atoms with E-state index in [-0.39, 0.29) is 18.3 Å². The maximum atomic E-state index is 12.1. The second-order valence-electron chi connectivity index (χ2n) is 4.82. The Morgan fingerprint density at radius 3 is 2.86 bits per heavy atom. The van der Waals surface area contributed by atoms with Gasteiger partial charge in [-0.3, -0.25) is 4.79 Å². The third-order valence-electron chi connectivity index (χ3n) is 3.21. The summed E-state index contributed by atoms with van der Waals surface area (Å²) >= 11 is 1.88. The molecule has 1 aromatic carbocycles. The highest BCUT2D eigenvalue weighted by Crippen LogP contribution is 2.18. The molecule has 1 aliphatic rings. The topological polar surface area (TPSA) is 88.2 Å². The molecule has 1 saturated heterocycles. The zero-order valence-corrected chi connectivity index (χ0v) is 12.7. The van der Waals surface area contributed by atoms with E-state index in [0.29, 0.717) is 16.6 Å². The first-order chi connectivity index (χ1) is 10.1. The summed E-state index contributed by atoms with van der Waals surface area (Å²) in [6.45, 7) is 3.70. The largest absolute Gasteiger partial charge is 0.484 e. The van der Waals surface area contributed by atoms with Gasteiger partial charge in [0.05, 0.1) is 0 Å². The number of carbonyl (C=O) groups is 1. The molecular weight excluding hydrogens is 290 g/mol. The number of amidine groups is 1. The van der Waals surface area contributed by atoms with Crippen LogP contribution in [-0.2, 0) is 4.79 Å². The van der Waals surface area contributed by atoms with Gasteiger partial charge < -0.3 is 20.6 Å². The number of nitrogens with zero attached hydrogens (tertiary/aromatic N) is 2. The van der Waals surface area contributed by atoms with Crippen LogP contribution in [0.3, 0.4) is 0 Å². The van der Waals surface area contributed by atoms with Crippen LogP contribution < -0.4 is 10.5 Å². The Kier molecular flexibility index (Phi) is 5.32. The predicted octanol–water partition coefficient (Wildman–Crippen LogP) is 1.12. The van der Waals surface area contributed by atoms with Gasteiger partial charge in [-0.25, -0.2) is 0 Å². The molecule has 1 aromatic rings. The first-order valence-corrected chi connectivity index (χ1v) is 7.75. The summed E-state index contributed by atoms with van der Waals surface area (Å²) in [6.07, 6.45) is 0. The summed E-state index contributed by atoms with van der Waals surface area (Å²) in [4.78, 5) is 13.9. The van der Waals surface area contributed by atoms with Crippen molar-refractivity contribution in [2.75, 3.05) is 25.4 Å². The minimum atomic E-state index is 0.00246. The van der Waals surface area contributed by atoms with Crippen LogP contribution in [0.15, 0.2) is 29.4 Å². The molecule has 1 heterocycles. The van der Waals surface area contributed by atoms with Crippen molar-refractivity contribution in [1.82, 2.24) is 4.90 Å². The van der Waals surface area contributed by atoms with Crippen molar-refractivity contribution in [2.24, 2.45) is 10.9 Å². The molecule has 1 fully saturated rings. The maximum Gasteiger partial charge on any atom is 0.260 e. The Bertz CT molecular complexity index is 519. The molecule has 6 nitrogen and oxygen atoms in total. The molecule has 1 amide bonds. The number of benzene rings is 1. The lowest BCUT2D eigenvalue weighted by Gasteiger charge is -2.30. The van der Waals surface area contributed by atoms with Gasteiger partial charge in [-0.2, -0.15) is 11.8 Å². The van der Waals surface area contributed by atoms with Crippen LogP contribution >= 0.6 is 11.8 Å². The van der Waals surface area contributed by atoms with Gasteiger partial charge in [0.1, 0.15) is 5.75 Å². The van der Waals surface area contributed by atoms with E-state index in [0.717, 1.165) is 18.8 Å². The fraction of sp³-hybridized carbons (Fsp3) is 0.429. The summed E-state index contributed by atoms with van der Waals surface area (Å²) in [5.74, 6) is 1.60. The molecule has 3 N–H and O–H groups in total. The molecule has 1 unspecified atom stereocenters. The lowest BCUT2D eigenvalue weighted by Crippen LogP contribution is -2.43. The SMILES string of the molecule is CC1CN(C(=O)COc2ccc(/C(N)=N/O)cc2)CCS1. The fourth-order valence-corrected chi connectivity index (χ4v) is 3.07. The number of nitrogens with two attached hydrogens (primary N) is 1. The first-order valence-electron chi connectivity index (χ1n) is 6.70. The average molecular weight is 309 g/mol. The Morgan fingerprint density at radius 2 is 2.24 bits per heavy atom. The van der Waals surface area contributed by atoms with E-state index in [4.69, 9.17) is 15.7 Å². The molecule has 0 spiro atoms. The smallest absolute Gasteiger partial charge is 0.260 e. The molecular formula is C14H19N3O3S. The number of rotatable bonds is 4. The number of oxime groups is 1. The Hall–Kier alpha value is -1.89. The number of amides is 1. The van der Waals surface area contributed by atoms with Gasteiger partial charge in [0.25, 0.3) is 5.91 Å².